The van der Waals surface area contributed by atoms with Crippen molar-refractivity contribution in [2.75, 3.05) is 19.8 Å². The van der Waals surface area contributed by atoms with Crippen LogP contribution in [0.5, 0.6) is 11.5 Å². The Morgan fingerprint density at radius 2 is 1.41 bits per heavy atom. The predicted octanol–water partition coefficient (Wildman–Crippen LogP) is 4.69. The predicted molar refractivity (Wildman–Crippen MR) is 177 cm³/mol. The Hall–Kier alpha value is -2.84. The van der Waals surface area contributed by atoms with Gasteiger partial charge in [0, 0.05) is 22.4 Å². The number of oxime groups is 1. The first kappa shape index (κ1) is 39.3. The molecule has 0 saturated heterocycles. The van der Waals surface area contributed by atoms with Crippen LogP contribution < -0.4 is 20.9 Å². The number of thiazole rings is 1. The van der Waals surface area contributed by atoms with Gasteiger partial charge in [0.05, 0.1) is 23.9 Å². The van der Waals surface area contributed by atoms with Gasteiger partial charge in [-0.1, -0.05) is 19.0 Å². The van der Waals surface area contributed by atoms with E-state index >= 15 is 0 Å². The number of amidine groups is 1. The van der Waals surface area contributed by atoms with Crippen molar-refractivity contribution < 1.29 is 48.5 Å². The van der Waals surface area contributed by atoms with E-state index in [9.17, 15) is 14.2 Å². The minimum Gasteiger partial charge on any atom is -0.494 e. The number of aromatic nitrogens is 1. The molecule has 1 aromatic heterocycles. The maximum Gasteiger partial charge on any atom is 0.369 e. The summed E-state index contributed by atoms with van der Waals surface area (Å²) in [5.41, 5.74) is 13.4. The molecule has 0 radical (unpaired) electrons. The zero-order valence-electron chi connectivity index (χ0n) is 26.0. The molecule has 0 amide bonds. The number of hydrogen-bond donors (Lipinski definition) is 8. The normalized spacial score (nSPS) is 12.5. The van der Waals surface area contributed by atoms with Gasteiger partial charge in [0.1, 0.15) is 11.5 Å². The van der Waals surface area contributed by atoms with E-state index < -0.39 is 26.7 Å². The average Bonchev–Trinajstić information content (AvgIpc) is 3.40. The van der Waals surface area contributed by atoms with Crippen molar-refractivity contribution in [3.63, 3.8) is 0 Å². The fraction of sp³-hybridized carbons (Fsp3) is 0.448. The van der Waals surface area contributed by atoms with Crippen LogP contribution in [0.4, 0.5) is 0 Å². The van der Waals surface area contributed by atoms with Gasteiger partial charge in [-0.2, -0.15) is 0 Å². The number of unbranched alkanes of at least 4 members (excludes halogenated alkanes) is 2. The van der Waals surface area contributed by atoms with E-state index in [0.29, 0.717) is 24.7 Å². The van der Waals surface area contributed by atoms with Crippen LogP contribution in [0.1, 0.15) is 67.3 Å². The third-order valence-electron chi connectivity index (χ3n) is 6.65. The maximum absolute atomic E-state index is 10.7. The average molecular weight is 703 g/mol. The van der Waals surface area contributed by atoms with Gasteiger partial charge in [-0.05, 0) is 93.6 Å². The van der Waals surface area contributed by atoms with Crippen LogP contribution in [0.25, 0.3) is 11.3 Å². The smallest absolute Gasteiger partial charge is 0.369 e. The van der Waals surface area contributed by atoms with Crippen molar-refractivity contribution in [2.45, 2.75) is 63.9 Å². The van der Waals surface area contributed by atoms with E-state index in [1.165, 1.54) is 4.88 Å². The summed E-state index contributed by atoms with van der Waals surface area (Å²) < 4.78 is 33.1. The van der Waals surface area contributed by atoms with Crippen molar-refractivity contribution in [3.8, 4) is 22.8 Å². The standard InChI is InChI=1S/C25H31N3O3S.C4H13NO7P2/c1-17(2)24-23(27-18(3)32-24)19-7-11-21(12-8-19)30-15-5-4-6-16-31-22-13-9-20(10-14-22)25(26)28-29;5-3-1-2-4(6,13(7,8)9)14(10,11)12/h7-14,17,29H,4-6,15-16H2,1-3H3,(H2,26,28);6H,1-3,5H2,(H2,7,8,9)(H2,10,11,12). The first-order valence-corrected chi connectivity index (χ1v) is 18.5. The van der Waals surface area contributed by atoms with Crippen LogP contribution >= 0.6 is 26.5 Å². The number of rotatable bonds is 16. The molecule has 3 rings (SSSR count). The lowest BCUT2D eigenvalue weighted by Gasteiger charge is -2.28. The van der Waals surface area contributed by atoms with Crippen LogP contribution in [-0.2, 0) is 9.13 Å². The number of benzene rings is 2. The Balaban J connectivity index is 0.000000444. The van der Waals surface area contributed by atoms with Gasteiger partial charge in [-0.3, -0.25) is 9.13 Å². The van der Waals surface area contributed by atoms with Crippen LogP contribution in [0.3, 0.4) is 0 Å². The summed E-state index contributed by atoms with van der Waals surface area (Å²) in [7, 11) is -10.6. The molecule has 0 aliphatic heterocycles. The van der Waals surface area contributed by atoms with Gasteiger partial charge in [0.25, 0.3) is 5.08 Å². The Morgan fingerprint density at radius 1 is 0.913 bits per heavy atom. The van der Waals surface area contributed by atoms with Crippen molar-refractivity contribution >= 4 is 32.4 Å². The van der Waals surface area contributed by atoms with Gasteiger partial charge < -0.3 is 50.8 Å². The van der Waals surface area contributed by atoms with Gasteiger partial charge >= 0.3 is 15.2 Å². The lowest BCUT2D eigenvalue weighted by atomic mass is 10.1. The molecule has 3 aromatic rings. The minimum absolute atomic E-state index is 0.0394. The number of ether oxygens (including phenoxy) is 2. The molecular formula is C29H44N4O10P2S. The molecule has 17 heteroatoms. The molecule has 2 aromatic carbocycles. The Labute approximate surface area is 272 Å². The van der Waals surface area contributed by atoms with Crippen LogP contribution in [0.2, 0.25) is 0 Å². The summed E-state index contributed by atoms with van der Waals surface area (Å²) in [6.07, 6.45) is 2.09. The fourth-order valence-corrected chi connectivity index (χ4v) is 7.30. The molecule has 10 N–H and O–H groups in total. The topological polar surface area (TPSA) is 251 Å². The quantitative estimate of drug-likeness (QED) is 0.0252. The number of nitrogens with zero attached hydrogens (tertiary/aromatic N) is 2. The third kappa shape index (κ3) is 11.4. The molecule has 0 saturated carbocycles. The van der Waals surface area contributed by atoms with Crippen molar-refractivity contribution in [2.24, 2.45) is 16.6 Å². The van der Waals surface area contributed by atoms with E-state index in [1.54, 1.807) is 23.5 Å². The van der Waals surface area contributed by atoms with E-state index in [-0.39, 0.29) is 18.8 Å². The molecule has 1 heterocycles. The summed E-state index contributed by atoms with van der Waals surface area (Å²) in [6, 6.07) is 15.4. The minimum atomic E-state index is -5.30. The highest BCUT2D eigenvalue weighted by molar-refractivity contribution is 7.72. The van der Waals surface area contributed by atoms with Gasteiger partial charge in [-0.15, -0.1) is 11.3 Å². The molecule has 0 atom stereocenters. The number of aliphatic hydroxyl groups is 1. The fourth-order valence-electron chi connectivity index (χ4n) is 4.09. The molecule has 14 nitrogen and oxygen atoms in total. The highest BCUT2D eigenvalue weighted by atomic mass is 32.1. The van der Waals surface area contributed by atoms with Crippen LogP contribution in [0.15, 0.2) is 53.7 Å². The molecule has 46 heavy (non-hydrogen) atoms. The second kappa shape index (κ2) is 17.9. The molecule has 0 aliphatic carbocycles. The zero-order valence-corrected chi connectivity index (χ0v) is 28.6. The van der Waals surface area contributed by atoms with Crippen molar-refractivity contribution in [3.05, 3.63) is 64.0 Å². The lowest BCUT2D eigenvalue weighted by molar-refractivity contribution is 0.121. The van der Waals surface area contributed by atoms with E-state index in [1.807, 2.05) is 24.3 Å². The van der Waals surface area contributed by atoms with E-state index in [4.69, 9.17) is 50.7 Å². The van der Waals surface area contributed by atoms with Crippen LogP contribution in [-0.4, -0.2) is 65.5 Å². The Morgan fingerprint density at radius 3 is 1.85 bits per heavy atom. The molecule has 0 fully saturated rings. The molecule has 0 aliphatic rings. The summed E-state index contributed by atoms with van der Waals surface area (Å²) >= 11 is 1.77. The number of nitrogens with two attached hydrogens (primary N) is 2. The summed E-state index contributed by atoms with van der Waals surface area (Å²) in [4.78, 5) is 40.6. The lowest BCUT2D eigenvalue weighted by Crippen LogP contribution is -2.29. The van der Waals surface area contributed by atoms with Crippen LogP contribution in [0, 0.1) is 6.92 Å². The highest BCUT2D eigenvalue weighted by Gasteiger charge is 2.58. The summed E-state index contributed by atoms with van der Waals surface area (Å²) in [5, 5.41) is 18.7. The molecule has 0 bridgehead atoms. The molecule has 0 unspecified atom stereocenters. The first-order chi connectivity index (χ1) is 21.5. The van der Waals surface area contributed by atoms with Crippen molar-refractivity contribution in [1.29, 1.82) is 0 Å². The zero-order chi connectivity index (χ0) is 34.5. The van der Waals surface area contributed by atoms with Gasteiger partial charge in [0.2, 0.25) is 0 Å². The van der Waals surface area contributed by atoms with Gasteiger partial charge in [0.15, 0.2) is 5.84 Å². The SMILES string of the molecule is Cc1nc(-c2ccc(OCCCCCOc3ccc(/C(N)=N\O)cc3)cc2)c(C(C)C)s1.NCCCC(O)(P(=O)(O)O)P(=O)(O)O. The molecular weight excluding hydrogens is 658 g/mol. The molecule has 0 spiro atoms. The Kier molecular flexibility index (Phi) is 15.3. The maximum atomic E-state index is 10.7. The van der Waals surface area contributed by atoms with Crippen molar-refractivity contribution in [1.82, 2.24) is 4.98 Å². The monoisotopic (exact) mass is 702 g/mol. The third-order valence-corrected chi connectivity index (χ3v) is 11.8. The first-order valence-electron chi connectivity index (χ1n) is 14.5. The van der Waals surface area contributed by atoms with E-state index in [2.05, 4.69) is 38.1 Å². The molecule has 256 valence electrons. The number of hydrogen-bond acceptors (Lipinski definition) is 10. The summed E-state index contributed by atoms with van der Waals surface area (Å²) in [5.74, 6) is 2.21. The highest BCUT2D eigenvalue weighted by Crippen LogP contribution is 2.69. The largest absolute Gasteiger partial charge is 0.494 e. The second-order valence-corrected chi connectivity index (χ2v) is 15.9. The number of aryl methyl sites for hydroxylation is 1. The Bertz CT molecular complexity index is 1470. The van der Waals surface area contributed by atoms with Gasteiger partial charge in [-0.25, -0.2) is 4.98 Å². The summed E-state index contributed by atoms with van der Waals surface area (Å²) in [6.45, 7) is 7.76. The second-order valence-electron chi connectivity index (χ2n) is 10.6. The van der Waals surface area contributed by atoms with E-state index in [0.717, 1.165) is 47.0 Å².